The Morgan fingerprint density at radius 2 is 2.00 bits per heavy atom. The van der Waals surface area contributed by atoms with E-state index in [4.69, 9.17) is 16.3 Å². The van der Waals surface area contributed by atoms with Gasteiger partial charge >= 0.3 is 0 Å². The second-order valence-electron chi connectivity index (χ2n) is 5.30. The molecule has 3 nitrogen and oxygen atoms in total. The number of benzene rings is 2. The molecule has 1 N–H and O–H groups in total. The van der Waals surface area contributed by atoms with Crippen LogP contribution in [0.15, 0.2) is 53.5 Å². The standard InChI is InChI=1S/C18H19ClN2O/c19-17-8-2-1-6-16(17)13-22-12-14-5-3-7-15(11-14)18-20-9-4-10-21-18/h1-3,5-8,11H,4,9-10,12-13H2,(H,20,21). The van der Waals surface area contributed by atoms with Crippen LogP contribution in [-0.4, -0.2) is 18.9 Å². The van der Waals surface area contributed by atoms with Crippen LogP contribution in [0.25, 0.3) is 0 Å². The minimum absolute atomic E-state index is 0.517. The summed E-state index contributed by atoms with van der Waals surface area (Å²) in [5.74, 6) is 0.985. The highest BCUT2D eigenvalue weighted by molar-refractivity contribution is 6.31. The van der Waals surface area contributed by atoms with E-state index >= 15 is 0 Å². The average molecular weight is 315 g/mol. The first-order valence-electron chi connectivity index (χ1n) is 7.52. The van der Waals surface area contributed by atoms with Crippen molar-refractivity contribution in [2.24, 2.45) is 4.99 Å². The minimum Gasteiger partial charge on any atom is -0.372 e. The van der Waals surface area contributed by atoms with E-state index in [1.54, 1.807) is 0 Å². The number of ether oxygens (including phenoxy) is 1. The molecular formula is C18H19ClN2O. The molecule has 0 spiro atoms. The predicted octanol–water partition coefficient (Wildman–Crippen LogP) is 3.80. The maximum atomic E-state index is 6.13. The fraction of sp³-hybridized carbons (Fsp3) is 0.278. The van der Waals surface area contributed by atoms with Gasteiger partial charge in [-0.3, -0.25) is 4.99 Å². The van der Waals surface area contributed by atoms with Gasteiger partial charge in [0.2, 0.25) is 0 Å². The zero-order valence-corrected chi connectivity index (χ0v) is 13.1. The predicted molar refractivity (Wildman–Crippen MR) is 90.4 cm³/mol. The van der Waals surface area contributed by atoms with Crippen LogP contribution in [0.2, 0.25) is 5.02 Å². The highest BCUT2D eigenvalue weighted by Gasteiger charge is 2.07. The van der Waals surface area contributed by atoms with Crippen LogP contribution < -0.4 is 5.32 Å². The maximum absolute atomic E-state index is 6.13. The van der Waals surface area contributed by atoms with Crippen molar-refractivity contribution in [1.29, 1.82) is 0 Å². The number of rotatable bonds is 5. The van der Waals surface area contributed by atoms with E-state index in [0.29, 0.717) is 13.2 Å². The zero-order valence-electron chi connectivity index (χ0n) is 12.4. The van der Waals surface area contributed by atoms with Gasteiger partial charge in [0, 0.05) is 23.7 Å². The molecule has 0 bridgehead atoms. The van der Waals surface area contributed by atoms with E-state index in [0.717, 1.165) is 47.1 Å². The first kappa shape index (κ1) is 15.1. The zero-order chi connectivity index (χ0) is 15.2. The van der Waals surface area contributed by atoms with Gasteiger partial charge in [-0.05, 0) is 29.7 Å². The van der Waals surface area contributed by atoms with E-state index < -0.39 is 0 Å². The number of halogens is 1. The molecule has 0 atom stereocenters. The SMILES string of the molecule is Clc1ccccc1COCc1cccc(C2=NCCCN2)c1. The van der Waals surface area contributed by atoms with Crippen LogP contribution in [0.5, 0.6) is 0 Å². The Hall–Kier alpha value is -1.84. The summed E-state index contributed by atoms with van der Waals surface area (Å²) in [5, 5.41) is 4.09. The van der Waals surface area contributed by atoms with Crippen LogP contribution in [0.1, 0.15) is 23.1 Å². The van der Waals surface area contributed by atoms with Crippen molar-refractivity contribution < 1.29 is 4.74 Å². The number of nitrogens with one attached hydrogen (secondary N) is 1. The summed E-state index contributed by atoms with van der Waals surface area (Å²) < 4.78 is 5.78. The van der Waals surface area contributed by atoms with Crippen LogP contribution in [-0.2, 0) is 18.0 Å². The molecule has 0 amide bonds. The summed E-state index contributed by atoms with van der Waals surface area (Å²) in [4.78, 5) is 4.53. The lowest BCUT2D eigenvalue weighted by Crippen LogP contribution is -2.30. The van der Waals surface area contributed by atoms with E-state index in [9.17, 15) is 0 Å². The fourth-order valence-corrected chi connectivity index (χ4v) is 2.62. The lowest BCUT2D eigenvalue weighted by Gasteiger charge is -2.15. The Bertz CT molecular complexity index is 670. The van der Waals surface area contributed by atoms with Gasteiger partial charge in [0.25, 0.3) is 0 Å². The molecule has 0 saturated carbocycles. The molecule has 1 aliphatic rings. The number of hydrogen-bond donors (Lipinski definition) is 1. The summed E-state index contributed by atoms with van der Waals surface area (Å²) >= 11 is 6.13. The molecule has 0 aromatic heterocycles. The number of hydrogen-bond acceptors (Lipinski definition) is 3. The number of amidine groups is 1. The quantitative estimate of drug-likeness (QED) is 0.911. The summed E-state index contributed by atoms with van der Waals surface area (Å²) in [6.07, 6.45) is 1.10. The normalized spacial score (nSPS) is 14.3. The third-order valence-electron chi connectivity index (χ3n) is 3.58. The second-order valence-corrected chi connectivity index (χ2v) is 5.70. The summed E-state index contributed by atoms with van der Waals surface area (Å²) in [7, 11) is 0. The summed E-state index contributed by atoms with van der Waals surface area (Å²) in [6.45, 7) is 2.97. The van der Waals surface area contributed by atoms with E-state index in [2.05, 4.69) is 28.5 Å². The third-order valence-corrected chi connectivity index (χ3v) is 3.95. The summed E-state index contributed by atoms with van der Waals surface area (Å²) in [5.41, 5.74) is 3.27. The average Bonchev–Trinajstić information content (AvgIpc) is 2.58. The highest BCUT2D eigenvalue weighted by atomic mass is 35.5. The van der Waals surface area contributed by atoms with Crippen molar-refractivity contribution in [2.45, 2.75) is 19.6 Å². The van der Waals surface area contributed by atoms with Crippen LogP contribution in [0, 0.1) is 0 Å². The Morgan fingerprint density at radius 3 is 2.82 bits per heavy atom. The largest absolute Gasteiger partial charge is 0.372 e. The number of nitrogens with zero attached hydrogens (tertiary/aromatic N) is 1. The Morgan fingerprint density at radius 1 is 1.09 bits per heavy atom. The first-order chi connectivity index (χ1) is 10.8. The Labute approximate surface area is 136 Å². The fourth-order valence-electron chi connectivity index (χ4n) is 2.43. The van der Waals surface area contributed by atoms with Gasteiger partial charge in [-0.2, -0.15) is 0 Å². The molecule has 1 aliphatic heterocycles. The molecule has 4 heteroatoms. The molecule has 0 fully saturated rings. The minimum atomic E-state index is 0.517. The molecule has 0 radical (unpaired) electrons. The highest BCUT2D eigenvalue weighted by Crippen LogP contribution is 2.17. The molecule has 22 heavy (non-hydrogen) atoms. The van der Waals surface area contributed by atoms with Gasteiger partial charge in [-0.25, -0.2) is 0 Å². The van der Waals surface area contributed by atoms with Crippen molar-refractivity contribution in [3.63, 3.8) is 0 Å². The van der Waals surface area contributed by atoms with Crippen molar-refractivity contribution >= 4 is 17.4 Å². The molecule has 114 valence electrons. The van der Waals surface area contributed by atoms with Crippen LogP contribution >= 0.6 is 11.6 Å². The monoisotopic (exact) mass is 314 g/mol. The topological polar surface area (TPSA) is 33.6 Å². The van der Waals surface area contributed by atoms with Gasteiger partial charge in [0.05, 0.1) is 13.2 Å². The van der Waals surface area contributed by atoms with E-state index in [1.165, 1.54) is 0 Å². The molecule has 0 saturated heterocycles. The molecule has 2 aromatic carbocycles. The van der Waals surface area contributed by atoms with E-state index in [1.807, 2.05) is 30.3 Å². The third kappa shape index (κ3) is 3.87. The van der Waals surface area contributed by atoms with Gasteiger partial charge < -0.3 is 10.1 Å². The van der Waals surface area contributed by atoms with Crippen LogP contribution in [0.3, 0.4) is 0 Å². The maximum Gasteiger partial charge on any atom is 0.128 e. The molecule has 1 heterocycles. The van der Waals surface area contributed by atoms with Gasteiger partial charge in [0.15, 0.2) is 0 Å². The van der Waals surface area contributed by atoms with Gasteiger partial charge in [-0.15, -0.1) is 0 Å². The van der Waals surface area contributed by atoms with Gasteiger partial charge in [-0.1, -0.05) is 48.0 Å². The van der Waals surface area contributed by atoms with Crippen molar-refractivity contribution in [2.75, 3.05) is 13.1 Å². The lowest BCUT2D eigenvalue weighted by molar-refractivity contribution is 0.107. The second kappa shape index (κ2) is 7.43. The molecule has 2 aromatic rings. The van der Waals surface area contributed by atoms with Crippen LogP contribution in [0.4, 0.5) is 0 Å². The first-order valence-corrected chi connectivity index (χ1v) is 7.89. The van der Waals surface area contributed by atoms with Gasteiger partial charge in [0.1, 0.15) is 5.84 Å². The summed E-state index contributed by atoms with van der Waals surface area (Å²) in [6, 6.07) is 16.1. The molecular weight excluding hydrogens is 296 g/mol. The molecule has 0 aliphatic carbocycles. The number of aliphatic imine (C=N–C) groups is 1. The lowest BCUT2D eigenvalue weighted by atomic mass is 10.1. The van der Waals surface area contributed by atoms with Crippen molar-refractivity contribution in [3.8, 4) is 0 Å². The molecule has 0 unspecified atom stereocenters. The Kier molecular flexibility index (Phi) is 5.09. The molecule has 3 rings (SSSR count). The Balaban J connectivity index is 1.61. The van der Waals surface area contributed by atoms with Crippen molar-refractivity contribution in [1.82, 2.24) is 5.32 Å². The van der Waals surface area contributed by atoms with E-state index in [-0.39, 0.29) is 0 Å². The van der Waals surface area contributed by atoms with Crippen molar-refractivity contribution in [3.05, 3.63) is 70.2 Å². The smallest absolute Gasteiger partial charge is 0.128 e.